The van der Waals surface area contributed by atoms with Crippen molar-refractivity contribution >= 4 is 11.3 Å². The molecule has 0 saturated heterocycles. The van der Waals surface area contributed by atoms with Gasteiger partial charge in [0.25, 0.3) is 0 Å². The van der Waals surface area contributed by atoms with Crippen LogP contribution in [0, 0.1) is 0 Å². The molecule has 1 aromatic heterocycles. The zero-order valence-electron chi connectivity index (χ0n) is 12.9. The second kappa shape index (κ2) is 4.14. The predicted molar refractivity (Wildman–Crippen MR) is 73.6 cm³/mol. The van der Waals surface area contributed by atoms with Gasteiger partial charge in [0.05, 0.1) is 10.7 Å². The van der Waals surface area contributed by atoms with Crippen molar-refractivity contribution < 1.29 is 1.37 Å². The van der Waals surface area contributed by atoms with Gasteiger partial charge < -0.3 is 0 Å². The number of thiazole rings is 1. The Morgan fingerprint density at radius 2 is 1.56 bits per heavy atom. The number of hydrogen-bond donors (Lipinski definition) is 0. The van der Waals surface area contributed by atoms with E-state index < -0.39 is 5.89 Å². The van der Waals surface area contributed by atoms with Gasteiger partial charge in [-0.2, -0.15) is 0 Å². The van der Waals surface area contributed by atoms with Gasteiger partial charge in [0.1, 0.15) is 0 Å². The van der Waals surface area contributed by atoms with Crippen LogP contribution in [0.15, 0.2) is 0 Å². The first-order valence-electron chi connectivity index (χ1n) is 6.36. The third kappa shape index (κ3) is 2.85. The molecule has 0 N–H and O–H groups in total. The molecule has 0 spiro atoms. The Bertz CT molecular complexity index is 368. The molecule has 0 aliphatic heterocycles. The van der Waals surface area contributed by atoms with E-state index in [1.807, 2.05) is 13.8 Å². The van der Waals surface area contributed by atoms with Crippen LogP contribution in [0.25, 0.3) is 0 Å². The van der Waals surface area contributed by atoms with E-state index in [9.17, 15) is 0 Å². The van der Waals surface area contributed by atoms with Crippen LogP contribution in [-0.2, 0) is 10.8 Å². The number of nitrogens with zero attached hydrogens (tertiary/aromatic N) is 1. The number of rotatable bonds is 1. The van der Waals surface area contributed by atoms with E-state index in [1.165, 1.54) is 4.88 Å². The Labute approximate surface area is 106 Å². The normalized spacial score (nSPS) is 15.1. The highest BCUT2D eigenvalue weighted by Gasteiger charge is 2.30. The third-order valence-corrected chi connectivity index (χ3v) is 4.15. The van der Waals surface area contributed by atoms with E-state index in [2.05, 4.69) is 41.5 Å². The summed E-state index contributed by atoms with van der Waals surface area (Å²) < 4.78 is 8.14. The van der Waals surface area contributed by atoms with Crippen molar-refractivity contribution in [1.82, 2.24) is 4.98 Å². The largest absolute Gasteiger partial charge is 0.245 e. The van der Waals surface area contributed by atoms with Crippen LogP contribution in [0.4, 0.5) is 0 Å². The van der Waals surface area contributed by atoms with Gasteiger partial charge in [0, 0.05) is 17.6 Å². The smallest absolute Gasteiger partial charge is 0.0956 e. The highest BCUT2D eigenvalue weighted by atomic mass is 32.1. The molecule has 2 heteroatoms. The summed E-state index contributed by atoms with van der Waals surface area (Å²) in [7, 11) is 0. The second-order valence-electron chi connectivity index (χ2n) is 6.70. The first kappa shape index (κ1) is 12.1. The van der Waals surface area contributed by atoms with Crippen LogP contribution in [0.2, 0.25) is 0 Å². The molecule has 92 valence electrons. The van der Waals surface area contributed by atoms with E-state index in [1.54, 1.807) is 11.3 Å². The van der Waals surface area contributed by atoms with E-state index in [0.717, 1.165) is 10.7 Å². The van der Waals surface area contributed by atoms with Gasteiger partial charge in [-0.3, -0.25) is 0 Å². The molecule has 0 unspecified atom stereocenters. The second-order valence-corrected chi connectivity index (χ2v) is 7.70. The maximum Gasteiger partial charge on any atom is 0.0956 e. The fourth-order valence-corrected chi connectivity index (χ4v) is 2.84. The monoisotopic (exact) mass is 241 g/mol. The Hall–Kier alpha value is -0.370. The molecule has 0 aliphatic carbocycles. The van der Waals surface area contributed by atoms with Crippen molar-refractivity contribution in [2.75, 3.05) is 0 Å². The van der Waals surface area contributed by atoms with Crippen LogP contribution < -0.4 is 0 Å². The summed E-state index contributed by atoms with van der Waals surface area (Å²) in [6.07, 6.45) is 0. The predicted octanol–water partition coefficient (Wildman–Crippen LogP) is 4.86. The average molecular weight is 241 g/mol. The lowest BCUT2D eigenvalue weighted by Gasteiger charge is -2.24. The molecule has 16 heavy (non-hydrogen) atoms. The van der Waals surface area contributed by atoms with Crippen molar-refractivity contribution in [3.63, 3.8) is 0 Å². The lowest BCUT2D eigenvalue weighted by molar-refractivity contribution is 0.525. The molecule has 1 nitrogen and oxygen atoms in total. The molecule has 0 aliphatic rings. The molecule has 0 fully saturated rings. The van der Waals surface area contributed by atoms with E-state index in [-0.39, 0.29) is 10.8 Å². The molecule has 0 aromatic carbocycles. The first-order chi connectivity index (χ1) is 7.33. The molecule has 0 atom stereocenters. The van der Waals surface area contributed by atoms with Crippen molar-refractivity contribution in [1.29, 1.82) is 0 Å². The summed E-state index contributed by atoms with van der Waals surface area (Å²) >= 11 is 1.70. The van der Waals surface area contributed by atoms with E-state index >= 15 is 0 Å². The topological polar surface area (TPSA) is 12.9 Å². The van der Waals surface area contributed by atoms with Crippen LogP contribution in [0.1, 0.15) is 78.2 Å². The quantitative estimate of drug-likeness (QED) is 0.684. The Morgan fingerprint density at radius 1 is 1.06 bits per heavy atom. The van der Waals surface area contributed by atoms with Gasteiger partial charge in [-0.25, -0.2) is 4.98 Å². The standard InChI is InChI=1S/C14H25NS/c1-9(2)12-15-10(13(3,4)5)11(16-12)14(6,7)8/h9H,1-8H3/i9T. The molecular formula is C14H25NS. The Morgan fingerprint density at radius 3 is 1.81 bits per heavy atom. The van der Waals surface area contributed by atoms with Crippen molar-refractivity contribution in [2.24, 2.45) is 0 Å². The minimum Gasteiger partial charge on any atom is -0.245 e. The average Bonchev–Trinajstić information content (AvgIpc) is 2.42. The number of hydrogen-bond acceptors (Lipinski definition) is 2. The Kier molecular flexibility index (Phi) is 3.13. The molecule has 1 rings (SSSR count). The fraction of sp³-hybridized carbons (Fsp3) is 0.786. The molecule has 0 saturated carbocycles. The van der Waals surface area contributed by atoms with Gasteiger partial charge >= 0.3 is 0 Å². The maximum absolute atomic E-state index is 8.14. The first-order valence-corrected chi connectivity index (χ1v) is 6.67. The molecular weight excluding hydrogens is 214 g/mol. The van der Waals surface area contributed by atoms with Gasteiger partial charge in [0.2, 0.25) is 0 Å². The highest BCUT2D eigenvalue weighted by molar-refractivity contribution is 7.12. The van der Waals surface area contributed by atoms with Crippen molar-refractivity contribution in [2.45, 2.75) is 72.1 Å². The summed E-state index contributed by atoms with van der Waals surface area (Å²) in [5.74, 6) is -0.603. The van der Waals surface area contributed by atoms with Crippen LogP contribution in [0.5, 0.6) is 0 Å². The SMILES string of the molecule is [3H]C(C)(C)c1nc(C(C)(C)C)c(C(C)(C)C)s1. The van der Waals surface area contributed by atoms with Crippen molar-refractivity contribution in [3.8, 4) is 0 Å². The van der Waals surface area contributed by atoms with E-state index in [4.69, 9.17) is 6.35 Å². The van der Waals surface area contributed by atoms with Crippen LogP contribution >= 0.6 is 11.3 Å². The molecule has 1 heterocycles. The minimum atomic E-state index is -0.603. The van der Waals surface area contributed by atoms with Crippen molar-refractivity contribution in [3.05, 3.63) is 15.6 Å². The summed E-state index contributed by atoms with van der Waals surface area (Å²) in [6, 6.07) is 0. The number of aromatic nitrogens is 1. The van der Waals surface area contributed by atoms with Crippen LogP contribution in [-0.4, -0.2) is 4.98 Å². The Balaban J connectivity index is 3.44. The zero-order chi connectivity index (χ0) is 13.6. The molecule has 1 aromatic rings. The molecule has 0 bridgehead atoms. The highest BCUT2D eigenvalue weighted by Crippen LogP contribution is 2.39. The molecule has 0 amide bonds. The fourth-order valence-electron chi connectivity index (χ4n) is 1.55. The van der Waals surface area contributed by atoms with Gasteiger partial charge in [-0.1, -0.05) is 55.4 Å². The molecule has 0 radical (unpaired) electrons. The van der Waals surface area contributed by atoms with E-state index in [0.29, 0.717) is 0 Å². The summed E-state index contributed by atoms with van der Waals surface area (Å²) in [6.45, 7) is 17.0. The maximum atomic E-state index is 8.14. The van der Waals surface area contributed by atoms with Gasteiger partial charge in [-0.15, -0.1) is 11.3 Å². The summed E-state index contributed by atoms with van der Waals surface area (Å²) in [5.41, 5.74) is 1.30. The van der Waals surface area contributed by atoms with Gasteiger partial charge in [-0.05, 0) is 5.41 Å². The summed E-state index contributed by atoms with van der Waals surface area (Å²) in [5, 5.41) is 0.923. The zero-order valence-corrected chi connectivity index (χ0v) is 12.7. The van der Waals surface area contributed by atoms with Gasteiger partial charge in [0.15, 0.2) is 0 Å². The lowest BCUT2D eigenvalue weighted by atomic mass is 9.84. The minimum absolute atomic E-state index is 0.0443. The lowest BCUT2D eigenvalue weighted by Crippen LogP contribution is -2.20. The van der Waals surface area contributed by atoms with Crippen LogP contribution in [0.3, 0.4) is 0 Å². The summed E-state index contributed by atoms with van der Waals surface area (Å²) in [4.78, 5) is 6.07. The third-order valence-electron chi connectivity index (χ3n) is 2.45.